The predicted octanol–water partition coefficient (Wildman–Crippen LogP) is 3.68. The molecule has 6 heteroatoms. The van der Waals surface area contributed by atoms with Crippen molar-refractivity contribution in [1.29, 1.82) is 0 Å². The summed E-state index contributed by atoms with van der Waals surface area (Å²) in [5, 5.41) is 3.14. The van der Waals surface area contributed by atoms with Crippen LogP contribution in [0.25, 0.3) is 0 Å². The van der Waals surface area contributed by atoms with Crippen LogP contribution in [0.2, 0.25) is 0 Å². The quantitative estimate of drug-likeness (QED) is 0.907. The van der Waals surface area contributed by atoms with Crippen molar-refractivity contribution < 1.29 is 13.5 Å². The lowest BCUT2D eigenvalue weighted by Gasteiger charge is -2.11. The molecular weight excluding hydrogens is 264 g/mol. The number of benzene rings is 1. The van der Waals surface area contributed by atoms with E-state index in [0.29, 0.717) is 17.3 Å². The molecule has 20 heavy (non-hydrogen) atoms. The molecule has 1 aromatic heterocycles. The molecule has 0 bridgehead atoms. The van der Waals surface area contributed by atoms with Crippen molar-refractivity contribution in [2.45, 2.75) is 20.3 Å². The average Bonchev–Trinajstić information content (AvgIpc) is 2.44. The maximum absolute atomic E-state index is 13.1. The Hall–Kier alpha value is -2.24. The zero-order valence-electron chi connectivity index (χ0n) is 11.3. The lowest BCUT2D eigenvalue weighted by molar-refractivity contribution is 0.443. The summed E-state index contributed by atoms with van der Waals surface area (Å²) in [6, 6.07) is 3.34. The molecule has 0 atom stereocenters. The highest BCUT2D eigenvalue weighted by Crippen LogP contribution is 2.26. The van der Waals surface area contributed by atoms with Gasteiger partial charge in [0.2, 0.25) is 5.88 Å². The second-order valence-corrected chi connectivity index (χ2v) is 4.26. The van der Waals surface area contributed by atoms with Gasteiger partial charge in [-0.25, -0.2) is 18.7 Å². The second kappa shape index (κ2) is 6.27. The summed E-state index contributed by atoms with van der Waals surface area (Å²) in [5.74, 6) is -0.711. The van der Waals surface area contributed by atoms with E-state index in [0.717, 1.165) is 25.1 Å². The zero-order valence-corrected chi connectivity index (χ0v) is 11.3. The third kappa shape index (κ3) is 3.20. The zero-order chi connectivity index (χ0) is 14.5. The number of nitrogens with zero attached hydrogens (tertiary/aromatic N) is 2. The molecule has 0 aliphatic carbocycles. The van der Waals surface area contributed by atoms with Crippen molar-refractivity contribution >= 4 is 5.82 Å². The maximum Gasteiger partial charge on any atom is 0.227 e. The van der Waals surface area contributed by atoms with Gasteiger partial charge in [-0.1, -0.05) is 6.92 Å². The van der Waals surface area contributed by atoms with Gasteiger partial charge < -0.3 is 10.1 Å². The van der Waals surface area contributed by atoms with E-state index < -0.39 is 11.6 Å². The fourth-order valence-electron chi connectivity index (χ4n) is 1.61. The van der Waals surface area contributed by atoms with Crippen LogP contribution in [0.1, 0.15) is 18.9 Å². The summed E-state index contributed by atoms with van der Waals surface area (Å²) in [6.45, 7) is 4.62. The van der Waals surface area contributed by atoms with Crippen LogP contribution in [0.5, 0.6) is 11.6 Å². The Labute approximate surface area is 115 Å². The van der Waals surface area contributed by atoms with Crippen LogP contribution >= 0.6 is 0 Å². The molecule has 0 fully saturated rings. The largest absolute Gasteiger partial charge is 0.438 e. The van der Waals surface area contributed by atoms with E-state index in [1.807, 2.05) is 6.92 Å². The standard InChI is InChI=1S/C14H15F2N3O/c1-3-6-17-13-9(2)14(19-8-18-13)20-10-4-5-11(15)12(16)7-10/h4-5,7-8H,3,6H2,1-2H3,(H,17,18,19). The summed E-state index contributed by atoms with van der Waals surface area (Å²) in [4.78, 5) is 8.12. The predicted molar refractivity (Wildman–Crippen MR) is 72.0 cm³/mol. The van der Waals surface area contributed by atoms with Crippen LogP contribution in [0, 0.1) is 18.6 Å². The fourth-order valence-corrected chi connectivity index (χ4v) is 1.61. The normalized spacial score (nSPS) is 10.4. The number of anilines is 1. The number of hydrogen-bond acceptors (Lipinski definition) is 4. The van der Waals surface area contributed by atoms with E-state index in [1.54, 1.807) is 6.92 Å². The Balaban J connectivity index is 2.22. The molecule has 0 aliphatic rings. The summed E-state index contributed by atoms with van der Waals surface area (Å²) in [6.07, 6.45) is 2.32. The molecule has 2 aromatic rings. The van der Waals surface area contributed by atoms with Crippen molar-refractivity contribution in [3.63, 3.8) is 0 Å². The Morgan fingerprint density at radius 1 is 1.20 bits per heavy atom. The lowest BCUT2D eigenvalue weighted by Crippen LogP contribution is -2.05. The van der Waals surface area contributed by atoms with Crippen molar-refractivity contribution in [3.05, 3.63) is 41.7 Å². The Bertz CT molecular complexity index is 605. The van der Waals surface area contributed by atoms with Crippen LogP contribution in [0.15, 0.2) is 24.5 Å². The molecule has 0 saturated heterocycles. The highest BCUT2D eigenvalue weighted by Gasteiger charge is 2.10. The van der Waals surface area contributed by atoms with Gasteiger partial charge >= 0.3 is 0 Å². The lowest BCUT2D eigenvalue weighted by atomic mass is 10.3. The Morgan fingerprint density at radius 3 is 2.70 bits per heavy atom. The van der Waals surface area contributed by atoms with Gasteiger partial charge in [0, 0.05) is 12.6 Å². The highest BCUT2D eigenvalue weighted by atomic mass is 19.2. The minimum Gasteiger partial charge on any atom is -0.438 e. The number of aromatic nitrogens is 2. The molecule has 0 spiro atoms. The molecule has 4 nitrogen and oxygen atoms in total. The van der Waals surface area contributed by atoms with Gasteiger partial charge in [-0.2, -0.15) is 0 Å². The van der Waals surface area contributed by atoms with Crippen molar-refractivity contribution in [2.24, 2.45) is 0 Å². The first kappa shape index (κ1) is 14.2. The number of rotatable bonds is 5. The van der Waals surface area contributed by atoms with Crippen LogP contribution in [-0.2, 0) is 0 Å². The van der Waals surface area contributed by atoms with Gasteiger partial charge in [0.05, 0.1) is 5.56 Å². The molecule has 0 saturated carbocycles. The molecule has 0 unspecified atom stereocenters. The summed E-state index contributed by atoms with van der Waals surface area (Å²) >= 11 is 0. The molecule has 0 aliphatic heterocycles. The number of ether oxygens (including phenoxy) is 1. The third-order valence-corrected chi connectivity index (χ3v) is 2.69. The molecule has 1 heterocycles. The van der Waals surface area contributed by atoms with E-state index in [4.69, 9.17) is 4.74 Å². The van der Waals surface area contributed by atoms with Gasteiger partial charge in [0.1, 0.15) is 17.9 Å². The van der Waals surface area contributed by atoms with Gasteiger partial charge in [-0.05, 0) is 25.5 Å². The summed E-state index contributed by atoms with van der Waals surface area (Å²) in [5.41, 5.74) is 0.714. The van der Waals surface area contributed by atoms with Crippen LogP contribution in [-0.4, -0.2) is 16.5 Å². The first-order chi connectivity index (χ1) is 9.61. The summed E-state index contributed by atoms with van der Waals surface area (Å²) in [7, 11) is 0. The van der Waals surface area contributed by atoms with E-state index >= 15 is 0 Å². The molecule has 1 N–H and O–H groups in total. The van der Waals surface area contributed by atoms with Gasteiger partial charge in [0.25, 0.3) is 0 Å². The number of halogens is 2. The molecule has 0 radical (unpaired) electrons. The van der Waals surface area contributed by atoms with Crippen molar-refractivity contribution in [3.8, 4) is 11.6 Å². The van der Waals surface area contributed by atoms with E-state index in [2.05, 4.69) is 15.3 Å². The maximum atomic E-state index is 13.1. The highest BCUT2D eigenvalue weighted by molar-refractivity contribution is 5.48. The van der Waals surface area contributed by atoms with Crippen LogP contribution in [0.4, 0.5) is 14.6 Å². The summed E-state index contributed by atoms with van der Waals surface area (Å²) < 4.78 is 31.5. The van der Waals surface area contributed by atoms with E-state index in [-0.39, 0.29) is 5.75 Å². The molecule has 1 aromatic carbocycles. The first-order valence-electron chi connectivity index (χ1n) is 6.30. The average molecular weight is 279 g/mol. The van der Waals surface area contributed by atoms with Crippen LogP contribution in [0.3, 0.4) is 0 Å². The monoisotopic (exact) mass is 279 g/mol. The number of hydrogen-bond donors (Lipinski definition) is 1. The van der Waals surface area contributed by atoms with Gasteiger partial charge in [-0.3, -0.25) is 0 Å². The topological polar surface area (TPSA) is 47.0 Å². The van der Waals surface area contributed by atoms with E-state index in [1.165, 1.54) is 12.4 Å². The molecular formula is C14H15F2N3O. The first-order valence-corrected chi connectivity index (χ1v) is 6.30. The number of nitrogens with one attached hydrogen (secondary N) is 1. The van der Waals surface area contributed by atoms with Gasteiger partial charge in [0.15, 0.2) is 11.6 Å². The Morgan fingerprint density at radius 2 is 2.00 bits per heavy atom. The van der Waals surface area contributed by atoms with Crippen LogP contribution < -0.4 is 10.1 Å². The minimum atomic E-state index is -0.960. The van der Waals surface area contributed by atoms with Crippen molar-refractivity contribution in [2.75, 3.05) is 11.9 Å². The Kier molecular flexibility index (Phi) is 4.45. The molecule has 2 rings (SSSR count). The fraction of sp³-hybridized carbons (Fsp3) is 0.286. The SMILES string of the molecule is CCCNc1ncnc(Oc2ccc(F)c(F)c2)c1C. The molecule has 106 valence electrons. The van der Waals surface area contributed by atoms with E-state index in [9.17, 15) is 8.78 Å². The minimum absolute atomic E-state index is 0.187. The smallest absolute Gasteiger partial charge is 0.227 e. The van der Waals surface area contributed by atoms with Gasteiger partial charge in [-0.15, -0.1) is 0 Å². The molecule has 0 amide bonds. The van der Waals surface area contributed by atoms with Crippen molar-refractivity contribution in [1.82, 2.24) is 9.97 Å². The second-order valence-electron chi connectivity index (χ2n) is 4.26. The third-order valence-electron chi connectivity index (χ3n) is 2.69.